The lowest BCUT2D eigenvalue weighted by atomic mass is 10.2. The fourth-order valence-corrected chi connectivity index (χ4v) is 2.03. The molecule has 0 aromatic rings. The number of carbonyl (C=O) groups is 1. The Morgan fingerprint density at radius 1 is 0.708 bits per heavy atom. The van der Waals surface area contributed by atoms with Crippen LogP contribution in [0.1, 0.15) is 64.2 Å². The van der Waals surface area contributed by atoms with Gasteiger partial charge >= 0.3 is 5.97 Å². The van der Waals surface area contributed by atoms with E-state index in [1.54, 1.807) is 0 Å². The molecule has 4 nitrogen and oxygen atoms in total. The number of hydrogen-bond donors (Lipinski definition) is 2. The van der Waals surface area contributed by atoms with Gasteiger partial charge in [0.15, 0.2) is 0 Å². The SMILES string of the molecule is O=C(O)CCC/C=C/C/C=C/C/C=C/C/C=C/CCCCCOO. The van der Waals surface area contributed by atoms with Gasteiger partial charge in [0.05, 0.1) is 6.61 Å². The molecule has 0 saturated carbocycles. The van der Waals surface area contributed by atoms with Gasteiger partial charge < -0.3 is 5.11 Å². The average molecular weight is 336 g/mol. The standard InChI is InChI=1S/C20H32O4/c21-20(22)18-16-14-12-10-8-6-4-2-1-3-5-7-9-11-13-15-17-19-24-23/h1,3-4,6-7,9-10,12,23H,2,5,8,11,13-19H2,(H,21,22)/b3-1+,6-4+,9-7+,12-10+. The summed E-state index contributed by atoms with van der Waals surface area (Å²) < 4.78 is 0. The Morgan fingerprint density at radius 3 is 1.71 bits per heavy atom. The van der Waals surface area contributed by atoms with Crippen molar-refractivity contribution in [3.63, 3.8) is 0 Å². The first-order chi connectivity index (χ1) is 11.8. The molecule has 0 aromatic heterocycles. The Labute approximate surface area is 146 Å². The molecule has 0 aliphatic carbocycles. The molecule has 0 heterocycles. The molecule has 4 heteroatoms. The van der Waals surface area contributed by atoms with E-state index in [9.17, 15) is 4.79 Å². The normalized spacial score (nSPS) is 12.4. The maximum absolute atomic E-state index is 10.3. The maximum Gasteiger partial charge on any atom is 0.303 e. The van der Waals surface area contributed by atoms with Crippen molar-refractivity contribution in [2.24, 2.45) is 0 Å². The van der Waals surface area contributed by atoms with Gasteiger partial charge in [0.1, 0.15) is 0 Å². The number of unbranched alkanes of at least 4 members (excludes halogenated alkanes) is 4. The van der Waals surface area contributed by atoms with Crippen LogP contribution >= 0.6 is 0 Å². The predicted octanol–water partition coefficient (Wildman–Crippen LogP) is 5.69. The fraction of sp³-hybridized carbons (Fsp3) is 0.550. The fourth-order valence-electron chi connectivity index (χ4n) is 2.03. The zero-order valence-electron chi connectivity index (χ0n) is 14.6. The summed E-state index contributed by atoms with van der Waals surface area (Å²) in [6.07, 6.45) is 25.9. The average Bonchev–Trinajstić information content (AvgIpc) is 2.56. The summed E-state index contributed by atoms with van der Waals surface area (Å²) in [6.45, 7) is 0.431. The Balaban J connectivity index is 3.38. The van der Waals surface area contributed by atoms with Crippen molar-refractivity contribution in [1.82, 2.24) is 0 Å². The van der Waals surface area contributed by atoms with E-state index >= 15 is 0 Å². The van der Waals surface area contributed by atoms with Crippen LogP contribution in [0.25, 0.3) is 0 Å². The molecule has 0 unspecified atom stereocenters. The molecule has 136 valence electrons. The first-order valence-corrected chi connectivity index (χ1v) is 8.85. The van der Waals surface area contributed by atoms with Crippen molar-refractivity contribution < 1.29 is 20.0 Å². The van der Waals surface area contributed by atoms with E-state index in [-0.39, 0.29) is 6.42 Å². The van der Waals surface area contributed by atoms with E-state index < -0.39 is 5.97 Å². The van der Waals surface area contributed by atoms with E-state index in [4.69, 9.17) is 10.4 Å². The Morgan fingerprint density at radius 2 is 1.21 bits per heavy atom. The van der Waals surface area contributed by atoms with Gasteiger partial charge in [-0.1, -0.05) is 55.0 Å². The zero-order chi connectivity index (χ0) is 17.7. The number of carboxylic acid groups (broad SMARTS) is 1. The summed E-state index contributed by atoms with van der Waals surface area (Å²) in [5.74, 6) is -0.724. The molecule has 0 bridgehead atoms. The molecule has 0 amide bonds. The Kier molecular flexibility index (Phi) is 18.1. The van der Waals surface area contributed by atoms with Crippen LogP contribution < -0.4 is 0 Å². The number of allylic oxidation sites excluding steroid dienone is 8. The quantitative estimate of drug-likeness (QED) is 0.164. The highest BCUT2D eigenvalue weighted by Crippen LogP contribution is 2.02. The van der Waals surface area contributed by atoms with Gasteiger partial charge in [0.25, 0.3) is 0 Å². The van der Waals surface area contributed by atoms with Gasteiger partial charge in [-0.2, -0.15) is 0 Å². The Bertz CT molecular complexity index is 394. The minimum atomic E-state index is -0.724. The second-order valence-electron chi connectivity index (χ2n) is 5.56. The van der Waals surface area contributed by atoms with Crippen LogP contribution in [0, 0.1) is 0 Å². The van der Waals surface area contributed by atoms with Crippen LogP contribution in [0.2, 0.25) is 0 Å². The highest BCUT2D eigenvalue weighted by atomic mass is 17.1. The van der Waals surface area contributed by atoms with Gasteiger partial charge in [-0.3, -0.25) is 10.1 Å². The molecule has 0 aliphatic rings. The first-order valence-electron chi connectivity index (χ1n) is 8.85. The smallest absolute Gasteiger partial charge is 0.303 e. The summed E-state index contributed by atoms with van der Waals surface area (Å²) in [5.41, 5.74) is 0. The van der Waals surface area contributed by atoms with Crippen LogP contribution in [0.5, 0.6) is 0 Å². The molecule has 0 aromatic carbocycles. The van der Waals surface area contributed by atoms with Crippen molar-refractivity contribution >= 4 is 5.97 Å². The van der Waals surface area contributed by atoms with Gasteiger partial charge in [-0.15, -0.1) is 0 Å². The third kappa shape index (κ3) is 20.3. The molecular formula is C20H32O4. The molecule has 0 rings (SSSR count). The van der Waals surface area contributed by atoms with E-state index in [0.29, 0.717) is 13.0 Å². The lowest BCUT2D eigenvalue weighted by molar-refractivity contribution is -0.242. The van der Waals surface area contributed by atoms with Crippen LogP contribution in [-0.2, 0) is 9.68 Å². The lowest BCUT2D eigenvalue weighted by Crippen LogP contribution is -1.92. The lowest BCUT2D eigenvalue weighted by Gasteiger charge is -1.95. The third-order valence-corrected chi connectivity index (χ3v) is 3.35. The van der Waals surface area contributed by atoms with Crippen LogP contribution in [0.4, 0.5) is 0 Å². The summed E-state index contributed by atoms with van der Waals surface area (Å²) in [6, 6.07) is 0. The number of rotatable bonds is 16. The molecule has 2 N–H and O–H groups in total. The highest BCUT2D eigenvalue weighted by Gasteiger charge is 1.92. The Hall–Kier alpha value is -1.65. The minimum absolute atomic E-state index is 0.248. The topological polar surface area (TPSA) is 66.8 Å². The van der Waals surface area contributed by atoms with Crippen molar-refractivity contribution in [2.45, 2.75) is 64.2 Å². The monoisotopic (exact) mass is 336 g/mol. The molecule has 0 radical (unpaired) electrons. The van der Waals surface area contributed by atoms with Gasteiger partial charge in [-0.05, 0) is 51.4 Å². The minimum Gasteiger partial charge on any atom is -0.481 e. The maximum atomic E-state index is 10.3. The summed E-state index contributed by atoms with van der Waals surface area (Å²) in [7, 11) is 0. The van der Waals surface area contributed by atoms with E-state index in [1.807, 2.05) is 6.08 Å². The first kappa shape index (κ1) is 22.4. The second kappa shape index (κ2) is 19.4. The molecule has 0 fully saturated rings. The van der Waals surface area contributed by atoms with E-state index in [0.717, 1.165) is 51.4 Å². The van der Waals surface area contributed by atoms with Crippen LogP contribution in [-0.4, -0.2) is 22.9 Å². The predicted molar refractivity (Wildman–Crippen MR) is 98.9 cm³/mol. The zero-order valence-corrected chi connectivity index (χ0v) is 14.6. The van der Waals surface area contributed by atoms with Crippen molar-refractivity contribution in [3.05, 3.63) is 48.6 Å². The number of aliphatic carboxylic acids is 1. The van der Waals surface area contributed by atoms with Crippen molar-refractivity contribution in [1.29, 1.82) is 0 Å². The largest absolute Gasteiger partial charge is 0.481 e. The van der Waals surface area contributed by atoms with Crippen LogP contribution in [0.15, 0.2) is 48.6 Å². The summed E-state index contributed by atoms with van der Waals surface area (Å²) in [5, 5.41) is 16.7. The van der Waals surface area contributed by atoms with Gasteiger partial charge in [0, 0.05) is 6.42 Å². The number of hydrogen-bond acceptors (Lipinski definition) is 3. The number of carboxylic acids is 1. The summed E-state index contributed by atoms with van der Waals surface area (Å²) in [4.78, 5) is 14.3. The van der Waals surface area contributed by atoms with E-state index in [2.05, 4.69) is 47.4 Å². The molecule has 0 aliphatic heterocycles. The second-order valence-corrected chi connectivity index (χ2v) is 5.56. The molecule has 0 atom stereocenters. The molecule has 0 saturated heterocycles. The van der Waals surface area contributed by atoms with Crippen LogP contribution in [0.3, 0.4) is 0 Å². The van der Waals surface area contributed by atoms with Crippen molar-refractivity contribution in [2.75, 3.05) is 6.61 Å². The molecule has 24 heavy (non-hydrogen) atoms. The third-order valence-electron chi connectivity index (χ3n) is 3.35. The van der Waals surface area contributed by atoms with Crippen molar-refractivity contribution in [3.8, 4) is 0 Å². The van der Waals surface area contributed by atoms with Gasteiger partial charge in [-0.25, -0.2) is 4.89 Å². The summed E-state index contributed by atoms with van der Waals surface area (Å²) >= 11 is 0. The van der Waals surface area contributed by atoms with Gasteiger partial charge in [0.2, 0.25) is 0 Å². The highest BCUT2D eigenvalue weighted by molar-refractivity contribution is 5.66. The molecule has 0 spiro atoms. The molecular weight excluding hydrogens is 304 g/mol. The van der Waals surface area contributed by atoms with E-state index in [1.165, 1.54) is 0 Å².